The molecule has 0 N–H and O–H groups in total. The van der Waals surface area contributed by atoms with Gasteiger partial charge in [-0.15, -0.1) is 0 Å². The second-order valence-electron chi connectivity index (χ2n) is 5.11. The summed E-state index contributed by atoms with van der Waals surface area (Å²) in [5.41, 5.74) is 0.493. The Bertz CT molecular complexity index is 317. The summed E-state index contributed by atoms with van der Waals surface area (Å²) in [5, 5.41) is 1.12. The summed E-state index contributed by atoms with van der Waals surface area (Å²) in [6.07, 6.45) is 8.07. The molecule has 0 aliphatic heterocycles. The average Bonchev–Trinajstić information content (AvgIpc) is 2.41. The van der Waals surface area contributed by atoms with Crippen LogP contribution in [0.4, 0.5) is 0 Å². The minimum absolute atomic E-state index is 0.493. The Morgan fingerprint density at radius 3 is 2.41 bits per heavy atom. The van der Waals surface area contributed by atoms with Gasteiger partial charge in [0.15, 0.2) is 0 Å². The lowest BCUT2D eigenvalue weighted by Gasteiger charge is -2.35. The highest BCUT2D eigenvalue weighted by Gasteiger charge is 2.30. The Balaban J connectivity index is 1.80. The van der Waals surface area contributed by atoms with Crippen LogP contribution in [0.15, 0.2) is 30.3 Å². The topological polar surface area (TPSA) is 9.23 Å². The first-order valence-electron chi connectivity index (χ1n) is 6.58. The second kappa shape index (κ2) is 6.44. The summed E-state index contributed by atoms with van der Waals surface area (Å²) in [4.78, 5) is 0. The maximum Gasteiger partial charge on any atom is 0.119 e. The summed E-state index contributed by atoms with van der Waals surface area (Å²) in [7, 11) is 0. The first-order chi connectivity index (χ1) is 8.35. The number of ether oxygens (including phenoxy) is 1. The van der Waals surface area contributed by atoms with Crippen LogP contribution >= 0.6 is 15.9 Å². The molecule has 1 saturated carbocycles. The number of halogens is 1. The normalized spacial score (nSPS) is 18.9. The molecule has 2 heteroatoms. The first-order valence-corrected chi connectivity index (χ1v) is 7.71. The van der Waals surface area contributed by atoms with E-state index in [2.05, 4.69) is 15.9 Å². The van der Waals surface area contributed by atoms with Gasteiger partial charge >= 0.3 is 0 Å². The van der Waals surface area contributed by atoms with E-state index < -0.39 is 0 Å². The minimum atomic E-state index is 0.493. The van der Waals surface area contributed by atoms with Gasteiger partial charge in [0.05, 0.1) is 6.61 Å². The lowest BCUT2D eigenvalue weighted by Crippen LogP contribution is -2.28. The molecule has 1 aliphatic rings. The van der Waals surface area contributed by atoms with Crippen LogP contribution in [-0.2, 0) is 0 Å². The maximum absolute atomic E-state index is 5.81. The van der Waals surface area contributed by atoms with E-state index in [1.54, 1.807) is 0 Å². The summed E-state index contributed by atoms with van der Waals surface area (Å²) in [6, 6.07) is 10.1. The smallest absolute Gasteiger partial charge is 0.119 e. The SMILES string of the molecule is BrCC1(CCOc2ccccc2)CCCCC1. The number of hydrogen-bond donors (Lipinski definition) is 0. The van der Waals surface area contributed by atoms with Crippen molar-refractivity contribution in [1.29, 1.82) is 0 Å². The van der Waals surface area contributed by atoms with E-state index in [9.17, 15) is 0 Å². The van der Waals surface area contributed by atoms with Crippen molar-refractivity contribution < 1.29 is 4.74 Å². The van der Waals surface area contributed by atoms with E-state index in [1.807, 2.05) is 30.3 Å². The predicted octanol–water partition coefficient (Wildman–Crippen LogP) is 4.80. The zero-order chi connectivity index (χ0) is 12.0. The van der Waals surface area contributed by atoms with Crippen LogP contribution in [0.3, 0.4) is 0 Å². The standard InChI is InChI=1S/C15H21BrO/c16-13-15(9-5-2-6-10-15)11-12-17-14-7-3-1-4-8-14/h1,3-4,7-8H,2,5-6,9-13H2. The largest absolute Gasteiger partial charge is 0.494 e. The summed E-state index contributed by atoms with van der Waals surface area (Å²) in [5.74, 6) is 0.994. The fraction of sp³-hybridized carbons (Fsp3) is 0.600. The van der Waals surface area contributed by atoms with Gasteiger partial charge in [0.1, 0.15) is 5.75 Å². The zero-order valence-corrected chi connectivity index (χ0v) is 11.9. The maximum atomic E-state index is 5.81. The molecule has 1 fully saturated rings. The number of hydrogen-bond acceptors (Lipinski definition) is 1. The van der Waals surface area contributed by atoms with Crippen LogP contribution in [0, 0.1) is 5.41 Å². The summed E-state index contributed by atoms with van der Waals surface area (Å²) in [6.45, 7) is 0.843. The van der Waals surface area contributed by atoms with Crippen LogP contribution in [0.1, 0.15) is 38.5 Å². The van der Waals surface area contributed by atoms with Gasteiger partial charge in [-0.1, -0.05) is 53.4 Å². The second-order valence-corrected chi connectivity index (χ2v) is 5.67. The molecule has 2 rings (SSSR count). The molecule has 0 aromatic heterocycles. The van der Waals surface area contributed by atoms with Gasteiger partial charge in [-0.3, -0.25) is 0 Å². The molecular weight excluding hydrogens is 276 g/mol. The lowest BCUT2D eigenvalue weighted by atomic mass is 9.74. The van der Waals surface area contributed by atoms with Gasteiger partial charge in [0, 0.05) is 5.33 Å². The highest BCUT2D eigenvalue weighted by atomic mass is 79.9. The minimum Gasteiger partial charge on any atom is -0.494 e. The van der Waals surface area contributed by atoms with Gasteiger partial charge in [0.25, 0.3) is 0 Å². The quantitative estimate of drug-likeness (QED) is 0.709. The fourth-order valence-corrected chi connectivity index (χ4v) is 3.50. The van der Waals surface area contributed by atoms with Crippen molar-refractivity contribution in [1.82, 2.24) is 0 Å². The third-order valence-electron chi connectivity index (χ3n) is 3.84. The van der Waals surface area contributed by atoms with E-state index in [0.29, 0.717) is 5.41 Å². The third kappa shape index (κ3) is 3.74. The molecule has 0 unspecified atom stereocenters. The summed E-state index contributed by atoms with van der Waals surface area (Å²) >= 11 is 3.70. The molecule has 0 spiro atoms. The van der Waals surface area contributed by atoms with Gasteiger partial charge in [-0.25, -0.2) is 0 Å². The number of para-hydroxylation sites is 1. The molecule has 0 atom stereocenters. The molecule has 0 radical (unpaired) electrons. The van der Waals surface area contributed by atoms with Crippen molar-refractivity contribution in [3.8, 4) is 5.75 Å². The molecule has 0 saturated heterocycles. The first kappa shape index (κ1) is 12.9. The van der Waals surface area contributed by atoms with E-state index in [-0.39, 0.29) is 0 Å². The Morgan fingerprint density at radius 1 is 1.06 bits per heavy atom. The number of benzene rings is 1. The van der Waals surface area contributed by atoms with Crippen LogP contribution in [-0.4, -0.2) is 11.9 Å². The van der Waals surface area contributed by atoms with Gasteiger partial charge in [-0.05, 0) is 36.8 Å². The van der Waals surface area contributed by atoms with Crippen molar-refractivity contribution in [3.63, 3.8) is 0 Å². The molecular formula is C15H21BrO. The number of alkyl halides is 1. The van der Waals surface area contributed by atoms with Crippen molar-refractivity contribution in [2.75, 3.05) is 11.9 Å². The molecule has 0 bridgehead atoms. The Labute approximate surface area is 113 Å². The lowest BCUT2D eigenvalue weighted by molar-refractivity contribution is 0.163. The van der Waals surface area contributed by atoms with Crippen LogP contribution in [0.25, 0.3) is 0 Å². The average molecular weight is 297 g/mol. The van der Waals surface area contributed by atoms with E-state index in [1.165, 1.54) is 38.5 Å². The summed E-state index contributed by atoms with van der Waals surface area (Å²) < 4.78 is 5.81. The molecule has 94 valence electrons. The third-order valence-corrected chi connectivity index (χ3v) is 5.03. The van der Waals surface area contributed by atoms with E-state index >= 15 is 0 Å². The Kier molecular flexibility index (Phi) is 4.90. The fourth-order valence-electron chi connectivity index (χ4n) is 2.65. The van der Waals surface area contributed by atoms with E-state index in [4.69, 9.17) is 4.74 Å². The number of rotatable bonds is 5. The molecule has 0 amide bonds. The Morgan fingerprint density at radius 2 is 1.76 bits per heavy atom. The molecule has 1 aromatic carbocycles. The predicted molar refractivity (Wildman–Crippen MR) is 75.9 cm³/mol. The van der Waals surface area contributed by atoms with Crippen molar-refractivity contribution in [2.45, 2.75) is 38.5 Å². The molecule has 0 heterocycles. The zero-order valence-electron chi connectivity index (χ0n) is 10.3. The molecule has 1 nitrogen and oxygen atoms in total. The van der Waals surface area contributed by atoms with Crippen LogP contribution in [0.2, 0.25) is 0 Å². The monoisotopic (exact) mass is 296 g/mol. The van der Waals surface area contributed by atoms with Crippen molar-refractivity contribution >= 4 is 15.9 Å². The van der Waals surface area contributed by atoms with Gasteiger partial charge < -0.3 is 4.74 Å². The van der Waals surface area contributed by atoms with Crippen molar-refractivity contribution in [3.05, 3.63) is 30.3 Å². The Hall–Kier alpha value is -0.500. The molecule has 1 aliphatic carbocycles. The van der Waals surface area contributed by atoms with Gasteiger partial charge in [0.2, 0.25) is 0 Å². The van der Waals surface area contributed by atoms with E-state index in [0.717, 1.165) is 17.7 Å². The highest BCUT2D eigenvalue weighted by Crippen LogP contribution is 2.40. The molecule has 17 heavy (non-hydrogen) atoms. The van der Waals surface area contributed by atoms with Crippen LogP contribution in [0.5, 0.6) is 5.75 Å². The van der Waals surface area contributed by atoms with Crippen molar-refractivity contribution in [2.24, 2.45) is 5.41 Å². The highest BCUT2D eigenvalue weighted by molar-refractivity contribution is 9.09. The van der Waals surface area contributed by atoms with Crippen LogP contribution < -0.4 is 4.74 Å². The molecule has 1 aromatic rings. The van der Waals surface area contributed by atoms with Gasteiger partial charge in [-0.2, -0.15) is 0 Å².